The van der Waals surface area contributed by atoms with Crippen LogP contribution in [-0.4, -0.2) is 23.3 Å². The largest absolute Gasteiger partial charge is 0.345 e. The standard InChI is InChI=1S/C18H20N2O2S/c1-12(14-6-4-3-5-7-14)19-18(22)17-10-15-11-20(13(2)21)9-8-16(15)23-17/h3-7,10,12H,8-9,11H2,1-2H3,(H,19,22)/t12-/m0/s1. The number of carbonyl (C=O) groups excluding carboxylic acids is 2. The van der Waals surface area contributed by atoms with Gasteiger partial charge in [0.25, 0.3) is 5.91 Å². The fourth-order valence-electron chi connectivity index (χ4n) is 2.81. The Balaban J connectivity index is 1.71. The normalized spacial score (nSPS) is 15.0. The zero-order valence-electron chi connectivity index (χ0n) is 13.3. The number of rotatable bonds is 3. The number of hydrogen-bond acceptors (Lipinski definition) is 3. The number of nitrogens with zero attached hydrogens (tertiary/aromatic N) is 1. The van der Waals surface area contributed by atoms with E-state index in [4.69, 9.17) is 0 Å². The molecule has 0 radical (unpaired) electrons. The van der Waals surface area contributed by atoms with Gasteiger partial charge in [-0.25, -0.2) is 0 Å². The first kappa shape index (κ1) is 15.7. The molecule has 0 saturated carbocycles. The molecule has 0 unspecified atom stereocenters. The van der Waals surface area contributed by atoms with Crippen molar-refractivity contribution in [1.82, 2.24) is 10.2 Å². The van der Waals surface area contributed by atoms with E-state index in [2.05, 4.69) is 5.32 Å². The molecule has 23 heavy (non-hydrogen) atoms. The highest BCUT2D eigenvalue weighted by molar-refractivity contribution is 7.14. The first-order valence-corrected chi connectivity index (χ1v) is 8.59. The van der Waals surface area contributed by atoms with E-state index in [0.717, 1.165) is 29.0 Å². The summed E-state index contributed by atoms with van der Waals surface area (Å²) < 4.78 is 0. The van der Waals surface area contributed by atoms with Crippen molar-refractivity contribution in [2.45, 2.75) is 32.9 Å². The average molecular weight is 328 g/mol. The smallest absolute Gasteiger partial charge is 0.261 e. The summed E-state index contributed by atoms with van der Waals surface area (Å²) >= 11 is 1.54. The minimum atomic E-state index is -0.0462. The van der Waals surface area contributed by atoms with E-state index < -0.39 is 0 Å². The third-order valence-corrected chi connectivity index (χ3v) is 5.42. The Kier molecular flexibility index (Phi) is 4.48. The van der Waals surface area contributed by atoms with Crippen LogP contribution in [0.1, 0.15) is 45.6 Å². The predicted octanol–water partition coefficient (Wildman–Crippen LogP) is 3.14. The van der Waals surface area contributed by atoms with Crippen molar-refractivity contribution in [3.05, 3.63) is 57.3 Å². The molecule has 5 heteroatoms. The summed E-state index contributed by atoms with van der Waals surface area (Å²) in [6, 6.07) is 11.8. The van der Waals surface area contributed by atoms with Crippen LogP contribution in [0.15, 0.2) is 36.4 Å². The summed E-state index contributed by atoms with van der Waals surface area (Å²) in [7, 11) is 0. The Bertz CT molecular complexity index is 724. The van der Waals surface area contributed by atoms with E-state index in [-0.39, 0.29) is 17.9 Å². The highest BCUT2D eigenvalue weighted by Gasteiger charge is 2.23. The topological polar surface area (TPSA) is 49.4 Å². The van der Waals surface area contributed by atoms with E-state index in [1.54, 1.807) is 18.3 Å². The van der Waals surface area contributed by atoms with Gasteiger partial charge in [-0.05, 0) is 30.5 Å². The van der Waals surface area contributed by atoms with Crippen LogP contribution in [0.2, 0.25) is 0 Å². The maximum absolute atomic E-state index is 12.5. The van der Waals surface area contributed by atoms with Gasteiger partial charge in [0.1, 0.15) is 0 Å². The van der Waals surface area contributed by atoms with Gasteiger partial charge in [0.2, 0.25) is 5.91 Å². The number of benzene rings is 1. The molecule has 2 aromatic rings. The number of nitrogens with one attached hydrogen (secondary N) is 1. The molecule has 1 atom stereocenters. The molecule has 120 valence electrons. The zero-order valence-corrected chi connectivity index (χ0v) is 14.2. The first-order valence-electron chi connectivity index (χ1n) is 7.77. The lowest BCUT2D eigenvalue weighted by Crippen LogP contribution is -2.33. The zero-order chi connectivity index (χ0) is 16.4. The molecule has 1 N–H and O–H groups in total. The van der Waals surface area contributed by atoms with Crippen molar-refractivity contribution in [2.24, 2.45) is 0 Å². The summed E-state index contributed by atoms with van der Waals surface area (Å²) in [5.41, 5.74) is 2.19. The van der Waals surface area contributed by atoms with Gasteiger partial charge in [-0.2, -0.15) is 0 Å². The molecule has 0 spiro atoms. The van der Waals surface area contributed by atoms with E-state index in [1.807, 2.05) is 48.2 Å². The Labute approximate surface area is 140 Å². The van der Waals surface area contributed by atoms with Crippen molar-refractivity contribution in [2.75, 3.05) is 6.54 Å². The monoisotopic (exact) mass is 328 g/mol. The van der Waals surface area contributed by atoms with Gasteiger partial charge in [0, 0.05) is 24.9 Å². The van der Waals surface area contributed by atoms with Gasteiger partial charge in [-0.1, -0.05) is 30.3 Å². The summed E-state index contributed by atoms with van der Waals surface area (Å²) in [4.78, 5) is 27.8. The Hall–Kier alpha value is -2.14. The maximum atomic E-state index is 12.5. The van der Waals surface area contributed by atoms with Gasteiger partial charge in [0.15, 0.2) is 0 Å². The van der Waals surface area contributed by atoms with Crippen LogP contribution in [0.5, 0.6) is 0 Å². The van der Waals surface area contributed by atoms with E-state index in [9.17, 15) is 9.59 Å². The molecule has 1 aromatic heterocycles. The molecule has 4 nitrogen and oxygen atoms in total. The van der Waals surface area contributed by atoms with Gasteiger partial charge >= 0.3 is 0 Å². The molecule has 0 aliphatic carbocycles. The molecule has 3 rings (SSSR count). The van der Waals surface area contributed by atoms with Crippen LogP contribution >= 0.6 is 11.3 Å². The Morgan fingerprint density at radius 3 is 2.70 bits per heavy atom. The van der Waals surface area contributed by atoms with Crippen LogP contribution in [0.3, 0.4) is 0 Å². The predicted molar refractivity (Wildman–Crippen MR) is 91.4 cm³/mol. The highest BCUT2D eigenvalue weighted by Crippen LogP contribution is 2.28. The van der Waals surface area contributed by atoms with Crippen molar-refractivity contribution < 1.29 is 9.59 Å². The molecule has 1 aliphatic rings. The van der Waals surface area contributed by atoms with E-state index in [0.29, 0.717) is 6.54 Å². The summed E-state index contributed by atoms with van der Waals surface area (Å²) in [6.45, 7) is 4.93. The second kappa shape index (κ2) is 6.54. The number of amides is 2. The third-order valence-electron chi connectivity index (χ3n) is 4.18. The Morgan fingerprint density at radius 2 is 2.00 bits per heavy atom. The minimum absolute atomic E-state index is 0.0310. The number of hydrogen-bond donors (Lipinski definition) is 1. The second-order valence-electron chi connectivity index (χ2n) is 5.86. The average Bonchev–Trinajstić information content (AvgIpc) is 2.98. The Morgan fingerprint density at radius 1 is 1.26 bits per heavy atom. The second-order valence-corrected chi connectivity index (χ2v) is 6.99. The van der Waals surface area contributed by atoms with Crippen LogP contribution in [-0.2, 0) is 17.8 Å². The molecule has 1 aromatic carbocycles. The molecule has 0 saturated heterocycles. The lowest BCUT2D eigenvalue weighted by Gasteiger charge is -2.25. The van der Waals surface area contributed by atoms with Crippen LogP contribution < -0.4 is 5.32 Å². The van der Waals surface area contributed by atoms with Gasteiger partial charge < -0.3 is 10.2 Å². The van der Waals surface area contributed by atoms with Crippen LogP contribution in [0.25, 0.3) is 0 Å². The molecular weight excluding hydrogens is 308 g/mol. The van der Waals surface area contributed by atoms with Crippen molar-refractivity contribution in [3.63, 3.8) is 0 Å². The maximum Gasteiger partial charge on any atom is 0.261 e. The third kappa shape index (κ3) is 3.45. The van der Waals surface area contributed by atoms with Gasteiger partial charge in [-0.3, -0.25) is 9.59 Å². The SMILES string of the molecule is CC(=O)N1CCc2sc(C(=O)N[C@@H](C)c3ccccc3)cc2C1. The number of thiophene rings is 1. The lowest BCUT2D eigenvalue weighted by atomic mass is 10.1. The van der Waals surface area contributed by atoms with Crippen molar-refractivity contribution in [1.29, 1.82) is 0 Å². The number of carbonyl (C=O) groups is 2. The lowest BCUT2D eigenvalue weighted by molar-refractivity contribution is -0.129. The molecule has 2 amide bonds. The minimum Gasteiger partial charge on any atom is -0.345 e. The van der Waals surface area contributed by atoms with Crippen LogP contribution in [0, 0.1) is 0 Å². The molecule has 0 bridgehead atoms. The van der Waals surface area contributed by atoms with Gasteiger partial charge in [-0.15, -0.1) is 11.3 Å². The molecule has 2 heterocycles. The van der Waals surface area contributed by atoms with E-state index >= 15 is 0 Å². The quantitative estimate of drug-likeness (QED) is 0.941. The fraction of sp³-hybridized carbons (Fsp3) is 0.333. The van der Waals surface area contributed by atoms with Gasteiger partial charge in [0.05, 0.1) is 10.9 Å². The summed E-state index contributed by atoms with van der Waals surface area (Å²) in [6.07, 6.45) is 0.834. The first-order chi connectivity index (χ1) is 11.0. The molecular formula is C18H20N2O2S. The van der Waals surface area contributed by atoms with Crippen molar-refractivity contribution in [3.8, 4) is 0 Å². The highest BCUT2D eigenvalue weighted by atomic mass is 32.1. The summed E-state index contributed by atoms with van der Waals surface area (Å²) in [5.74, 6) is 0.0423. The number of fused-ring (bicyclic) bond motifs is 1. The van der Waals surface area contributed by atoms with Crippen LogP contribution in [0.4, 0.5) is 0 Å². The summed E-state index contributed by atoms with van der Waals surface area (Å²) in [5, 5.41) is 3.05. The van der Waals surface area contributed by atoms with E-state index in [1.165, 1.54) is 4.88 Å². The van der Waals surface area contributed by atoms with Crippen molar-refractivity contribution >= 4 is 23.2 Å². The fourth-order valence-corrected chi connectivity index (χ4v) is 3.87. The molecule has 1 aliphatic heterocycles. The molecule has 0 fully saturated rings.